The van der Waals surface area contributed by atoms with Crippen molar-refractivity contribution in [1.29, 1.82) is 0 Å². The van der Waals surface area contributed by atoms with Crippen molar-refractivity contribution in [3.63, 3.8) is 0 Å². The molecule has 0 saturated carbocycles. The average Bonchev–Trinajstić information content (AvgIpc) is 2.36. The summed E-state index contributed by atoms with van der Waals surface area (Å²) in [5.74, 6) is 0.299. The predicted octanol–water partition coefficient (Wildman–Crippen LogP) is 2.70. The normalized spacial score (nSPS) is 10.6. The Hall–Kier alpha value is -1.81. The molecule has 0 unspecified atom stereocenters. The molecule has 0 amide bonds. The van der Waals surface area contributed by atoms with Gasteiger partial charge in [-0.25, -0.2) is 14.4 Å². The fourth-order valence-electron chi connectivity index (χ4n) is 1.73. The lowest BCUT2D eigenvalue weighted by Gasteiger charge is -2.06. The highest BCUT2D eigenvalue weighted by atomic mass is 19.1. The van der Waals surface area contributed by atoms with Gasteiger partial charge >= 0.3 is 0 Å². The highest BCUT2D eigenvalue weighted by molar-refractivity contribution is 5.55. The van der Waals surface area contributed by atoms with Crippen molar-refractivity contribution in [1.82, 2.24) is 15.3 Å². The molecule has 0 spiro atoms. The van der Waals surface area contributed by atoms with Crippen molar-refractivity contribution in [2.75, 3.05) is 6.54 Å². The number of nitrogens with one attached hydrogen (secondary N) is 1. The van der Waals surface area contributed by atoms with Crippen molar-refractivity contribution in [3.05, 3.63) is 47.5 Å². The highest BCUT2D eigenvalue weighted by Crippen LogP contribution is 2.16. The van der Waals surface area contributed by atoms with Gasteiger partial charge in [-0.15, -0.1) is 0 Å². The van der Waals surface area contributed by atoms with E-state index in [0.29, 0.717) is 17.9 Å². The van der Waals surface area contributed by atoms with Crippen molar-refractivity contribution in [2.24, 2.45) is 0 Å². The molecule has 1 heterocycles. The van der Waals surface area contributed by atoms with Crippen LogP contribution in [0.3, 0.4) is 0 Å². The van der Waals surface area contributed by atoms with Crippen LogP contribution in [0.15, 0.2) is 30.3 Å². The molecule has 0 aliphatic carbocycles. The molecule has 1 N–H and O–H groups in total. The third-order valence-electron chi connectivity index (χ3n) is 2.55. The zero-order valence-electron chi connectivity index (χ0n) is 10.6. The third kappa shape index (κ3) is 3.11. The second-order valence-electron chi connectivity index (χ2n) is 4.11. The summed E-state index contributed by atoms with van der Waals surface area (Å²) in [6.45, 7) is 5.54. The first-order valence-corrected chi connectivity index (χ1v) is 6.00. The van der Waals surface area contributed by atoms with Gasteiger partial charge in [0.15, 0.2) is 5.82 Å². The number of nitrogens with zero attached hydrogens (tertiary/aromatic N) is 2. The van der Waals surface area contributed by atoms with Gasteiger partial charge in [-0.05, 0) is 31.7 Å². The highest BCUT2D eigenvalue weighted by Gasteiger charge is 2.05. The molecule has 1 aromatic carbocycles. The molecule has 94 valence electrons. The SMILES string of the molecule is CCNCc1cc(C)nc(-c2cccc(F)c2)n1. The number of aryl methyl sites for hydroxylation is 1. The van der Waals surface area contributed by atoms with E-state index < -0.39 is 0 Å². The summed E-state index contributed by atoms with van der Waals surface area (Å²) in [7, 11) is 0. The second kappa shape index (κ2) is 5.69. The minimum atomic E-state index is -0.272. The lowest BCUT2D eigenvalue weighted by Crippen LogP contribution is -2.13. The van der Waals surface area contributed by atoms with E-state index in [0.717, 1.165) is 17.9 Å². The Balaban J connectivity index is 2.35. The Labute approximate surface area is 106 Å². The molecule has 1 aromatic heterocycles. The van der Waals surface area contributed by atoms with E-state index in [9.17, 15) is 4.39 Å². The van der Waals surface area contributed by atoms with E-state index in [1.54, 1.807) is 6.07 Å². The Morgan fingerprint density at radius 1 is 1.22 bits per heavy atom. The molecular formula is C14H16FN3. The molecule has 3 nitrogen and oxygen atoms in total. The van der Waals surface area contributed by atoms with Gasteiger partial charge in [0.05, 0.1) is 5.69 Å². The van der Waals surface area contributed by atoms with Crippen LogP contribution in [0.4, 0.5) is 4.39 Å². The van der Waals surface area contributed by atoms with E-state index in [-0.39, 0.29) is 5.82 Å². The monoisotopic (exact) mass is 245 g/mol. The standard InChI is InChI=1S/C14H16FN3/c1-3-16-9-13-7-10(2)17-14(18-13)11-5-4-6-12(15)8-11/h4-8,16H,3,9H2,1-2H3. The first kappa shape index (κ1) is 12.6. The maximum Gasteiger partial charge on any atom is 0.159 e. The minimum Gasteiger partial charge on any atom is -0.311 e. The lowest BCUT2D eigenvalue weighted by atomic mass is 10.2. The molecule has 0 fully saturated rings. The Morgan fingerprint density at radius 3 is 2.78 bits per heavy atom. The summed E-state index contributed by atoms with van der Waals surface area (Å²) in [6, 6.07) is 8.28. The fraction of sp³-hybridized carbons (Fsp3) is 0.286. The number of hydrogen-bond acceptors (Lipinski definition) is 3. The Kier molecular flexibility index (Phi) is 3.99. The molecule has 4 heteroatoms. The molecule has 18 heavy (non-hydrogen) atoms. The maximum atomic E-state index is 13.2. The van der Waals surface area contributed by atoms with E-state index in [2.05, 4.69) is 15.3 Å². The molecule has 0 radical (unpaired) electrons. The van der Waals surface area contributed by atoms with E-state index in [1.807, 2.05) is 26.0 Å². The largest absolute Gasteiger partial charge is 0.311 e. The van der Waals surface area contributed by atoms with Gasteiger partial charge in [-0.2, -0.15) is 0 Å². The van der Waals surface area contributed by atoms with Crippen LogP contribution in [0.5, 0.6) is 0 Å². The van der Waals surface area contributed by atoms with Crippen LogP contribution in [0.25, 0.3) is 11.4 Å². The first-order chi connectivity index (χ1) is 8.69. The summed E-state index contributed by atoms with van der Waals surface area (Å²) in [5, 5.41) is 3.22. The summed E-state index contributed by atoms with van der Waals surface area (Å²) >= 11 is 0. The zero-order valence-corrected chi connectivity index (χ0v) is 10.6. The lowest BCUT2D eigenvalue weighted by molar-refractivity contribution is 0.628. The van der Waals surface area contributed by atoms with E-state index in [4.69, 9.17) is 0 Å². The predicted molar refractivity (Wildman–Crippen MR) is 69.5 cm³/mol. The molecule has 0 aliphatic heterocycles. The van der Waals surface area contributed by atoms with Crippen LogP contribution < -0.4 is 5.32 Å². The summed E-state index contributed by atoms with van der Waals surface area (Å²) in [6.07, 6.45) is 0. The van der Waals surface area contributed by atoms with Gasteiger partial charge in [0.2, 0.25) is 0 Å². The molecule has 2 rings (SSSR count). The molecule has 2 aromatic rings. The van der Waals surface area contributed by atoms with Gasteiger partial charge in [-0.1, -0.05) is 19.1 Å². The number of benzene rings is 1. The van der Waals surface area contributed by atoms with Crippen molar-refractivity contribution in [2.45, 2.75) is 20.4 Å². The van der Waals surface area contributed by atoms with Gasteiger partial charge < -0.3 is 5.32 Å². The average molecular weight is 245 g/mol. The summed E-state index contributed by atoms with van der Waals surface area (Å²) in [4.78, 5) is 8.79. The van der Waals surface area contributed by atoms with Crippen LogP contribution in [-0.2, 0) is 6.54 Å². The molecular weight excluding hydrogens is 229 g/mol. The molecule has 0 saturated heterocycles. The minimum absolute atomic E-state index is 0.272. The Bertz CT molecular complexity index is 540. The quantitative estimate of drug-likeness (QED) is 0.900. The van der Waals surface area contributed by atoms with Gasteiger partial charge in [0.25, 0.3) is 0 Å². The molecule has 0 atom stereocenters. The number of halogens is 1. The van der Waals surface area contributed by atoms with Crippen LogP contribution in [0.1, 0.15) is 18.3 Å². The van der Waals surface area contributed by atoms with Crippen molar-refractivity contribution >= 4 is 0 Å². The van der Waals surface area contributed by atoms with Crippen LogP contribution in [-0.4, -0.2) is 16.5 Å². The summed E-state index contributed by atoms with van der Waals surface area (Å²) in [5.41, 5.74) is 2.51. The number of hydrogen-bond donors (Lipinski definition) is 1. The van der Waals surface area contributed by atoms with Crippen molar-refractivity contribution in [3.8, 4) is 11.4 Å². The van der Waals surface area contributed by atoms with E-state index >= 15 is 0 Å². The molecule has 0 bridgehead atoms. The number of rotatable bonds is 4. The first-order valence-electron chi connectivity index (χ1n) is 6.00. The third-order valence-corrected chi connectivity index (χ3v) is 2.55. The fourth-order valence-corrected chi connectivity index (χ4v) is 1.73. The van der Waals surface area contributed by atoms with E-state index in [1.165, 1.54) is 12.1 Å². The molecule has 0 aliphatic rings. The van der Waals surface area contributed by atoms with Crippen LogP contribution >= 0.6 is 0 Å². The van der Waals surface area contributed by atoms with Gasteiger partial charge in [0, 0.05) is 17.8 Å². The van der Waals surface area contributed by atoms with Gasteiger partial charge in [0.1, 0.15) is 5.82 Å². The second-order valence-corrected chi connectivity index (χ2v) is 4.11. The maximum absolute atomic E-state index is 13.2. The summed E-state index contributed by atoms with van der Waals surface area (Å²) < 4.78 is 13.2. The van der Waals surface area contributed by atoms with Crippen LogP contribution in [0, 0.1) is 12.7 Å². The number of aromatic nitrogens is 2. The smallest absolute Gasteiger partial charge is 0.159 e. The topological polar surface area (TPSA) is 37.8 Å². The Morgan fingerprint density at radius 2 is 2.06 bits per heavy atom. The van der Waals surface area contributed by atoms with Gasteiger partial charge in [-0.3, -0.25) is 0 Å². The van der Waals surface area contributed by atoms with Crippen molar-refractivity contribution < 1.29 is 4.39 Å². The zero-order chi connectivity index (χ0) is 13.0. The van der Waals surface area contributed by atoms with Crippen LogP contribution in [0.2, 0.25) is 0 Å².